The zero-order valence-electron chi connectivity index (χ0n) is 7.45. The van der Waals surface area contributed by atoms with Crippen LogP contribution in [-0.2, 0) is 0 Å². The van der Waals surface area contributed by atoms with Crippen LogP contribution in [-0.4, -0.2) is 18.5 Å². The maximum absolute atomic E-state index is 11.8. The van der Waals surface area contributed by atoms with Crippen molar-refractivity contribution < 1.29 is 64.3 Å². The van der Waals surface area contributed by atoms with Crippen LogP contribution >= 0.6 is 11.8 Å². The van der Waals surface area contributed by atoms with Crippen LogP contribution in [0.5, 0.6) is 0 Å². The Morgan fingerprint density at radius 1 is 1.42 bits per heavy atom. The molecule has 0 radical (unpaired) electrons. The van der Waals surface area contributed by atoms with Gasteiger partial charge in [-0.15, -0.1) is 12.1 Å². The minimum Gasteiger partial charge on any atom is -0.445 e. The molecule has 0 aromatic heterocycles. The molecule has 0 fully saturated rings. The Balaban J connectivity index is 0. The van der Waals surface area contributed by atoms with Crippen LogP contribution in [0.3, 0.4) is 0 Å². The summed E-state index contributed by atoms with van der Waals surface area (Å²) in [5.41, 5.74) is -0.580. The van der Waals surface area contributed by atoms with Crippen LogP contribution < -0.4 is 51.4 Å². The summed E-state index contributed by atoms with van der Waals surface area (Å²) in [6.45, 7) is 0.118. The molecule has 0 bridgehead atoms. The van der Waals surface area contributed by atoms with Gasteiger partial charge in [0, 0.05) is 0 Å². The average molecular weight is 222 g/mol. The van der Waals surface area contributed by atoms with E-state index in [9.17, 15) is 12.9 Å². The molecular formula is C6H11BF3KS. The minimum atomic E-state index is -4.80. The van der Waals surface area contributed by atoms with Crippen LogP contribution in [0.1, 0.15) is 13.3 Å². The molecule has 0 atom stereocenters. The molecule has 0 nitrogen and oxygen atoms in total. The van der Waals surface area contributed by atoms with Gasteiger partial charge in [-0.05, 0) is 17.9 Å². The van der Waals surface area contributed by atoms with Crippen molar-refractivity contribution in [2.75, 3.05) is 11.5 Å². The minimum absolute atomic E-state index is 0. The van der Waals surface area contributed by atoms with Crippen molar-refractivity contribution >= 4 is 18.7 Å². The first-order valence-corrected chi connectivity index (χ1v) is 4.59. The molecule has 0 amide bonds. The van der Waals surface area contributed by atoms with Crippen LogP contribution in [0.25, 0.3) is 0 Å². The topological polar surface area (TPSA) is 0 Å². The first-order valence-electron chi connectivity index (χ1n) is 3.43. The molecule has 0 aliphatic carbocycles. The second kappa shape index (κ2) is 7.94. The van der Waals surface area contributed by atoms with Crippen LogP contribution in [0, 0.1) is 0 Å². The smallest absolute Gasteiger partial charge is 0.445 e. The Labute approximate surface area is 118 Å². The molecule has 0 saturated heterocycles. The van der Waals surface area contributed by atoms with E-state index in [0.717, 1.165) is 12.2 Å². The Hall–Kier alpha value is 1.58. The van der Waals surface area contributed by atoms with E-state index in [0.29, 0.717) is 0 Å². The van der Waals surface area contributed by atoms with E-state index in [-0.39, 0.29) is 57.1 Å². The second-order valence-electron chi connectivity index (χ2n) is 2.29. The third-order valence-corrected chi connectivity index (χ3v) is 2.37. The molecule has 0 rings (SSSR count). The van der Waals surface area contributed by atoms with Gasteiger partial charge in [-0.1, -0.05) is 6.92 Å². The maximum atomic E-state index is 11.8. The Kier molecular flexibility index (Phi) is 10.6. The molecule has 0 aliphatic rings. The summed E-state index contributed by atoms with van der Waals surface area (Å²) in [7, 11) is 0. The summed E-state index contributed by atoms with van der Waals surface area (Å²) < 4.78 is 35.5. The summed E-state index contributed by atoms with van der Waals surface area (Å²) in [6, 6.07) is 0. The fraction of sp³-hybridized carbons (Fsp3) is 0.667. The van der Waals surface area contributed by atoms with Crippen LogP contribution in [0.15, 0.2) is 12.1 Å². The van der Waals surface area contributed by atoms with E-state index in [1.54, 1.807) is 0 Å². The molecule has 66 valence electrons. The molecule has 0 aromatic rings. The summed E-state index contributed by atoms with van der Waals surface area (Å²) in [4.78, 5) is 0. The first-order chi connectivity index (χ1) is 4.98. The number of hydrogen-bond donors (Lipinski definition) is 0. The van der Waals surface area contributed by atoms with Crippen LogP contribution in [0.2, 0.25) is 0 Å². The molecule has 0 N–H and O–H groups in total. The average Bonchev–Trinajstić information content (AvgIpc) is 1.86. The third-order valence-electron chi connectivity index (χ3n) is 1.10. The van der Waals surface area contributed by atoms with E-state index < -0.39 is 12.4 Å². The predicted octanol–water partition coefficient (Wildman–Crippen LogP) is 0.0764. The van der Waals surface area contributed by atoms with Crippen molar-refractivity contribution in [3.05, 3.63) is 12.1 Å². The summed E-state index contributed by atoms with van der Waals surface area (Å²) in [5.74, 6) is 0.794. The third kappa shape index (κ3) is 8.19. The fourth-order valence-corrected chi connectivity index (χ4v) is 1.33. The summed E-state index contributed by atoms with van der Waals surface area (Å²) >= 11 is 1.28. The molecule has 0 aliphatic heterocycles. The van der Waals surface area contributed by atoms with E-state index >= 15 is 0 Å². The number of thioether (sulfide) groups is 1. The summed E-state index contributed by atoms with van der Waals surface area (Å²) in [5, 5.41) is 0. The monoisotopic (exact) mass is 222 g/mol. The second-order valence-corrected chi connectivity index (χ2v) is 3.39. The Morgan fingerprint density at radius 2 is 1.92 bits per heavy atom. The van der Waals surface area contributed by atoms with Crippen molar-refractivity contribution in [1.29, 1.82) is 0 Å². The Bertz CT molecular complexity index is 137. The van der Waals surface area contributed by atoms with Gasteiger partial charge in [0.05, 0.1) is 0 Å². The van der Waals surface area contributed by atoms with Crippen molar-refractivity contribution in [1.82, 2.24) is 0 Å². The number of hydrogen-bond acceptors (Lipinski definition) is 1. The van der Waals surface area contributed by atoms with Gasteiger partial charge in [0.1, 0.15) is 0 Å². The van der Waals surface area contributed by atoms with Crippen LogP contribution in [0.4, 0.5) is 12.9 Å². The molecular weight excluding hydrogens is 211 g/mol. The van der Waals surface area contributed by atoms with Gasteiger partial charge in [0.25, 0.3) is 0 Å². The Morgan fingerprint density at radius 3 is 2.25 bits per heavy atom. The van der Waals surface area contributed by atoms with Crippen molar-refractivity contribution in [3.63, 3.8) is 0 Å². The van der Waals surface area contributed by atoms with Gasteiger partial charge in [-0.2, -0.15) is 11.8 Å². The van der Waals surface area contributed by atoms with E-state index in [4.69, 9.17) is 0 Å². The van der Waals surface area contributed by atoms with Crippen molar-refractivity contribution in [2.45, 2.75) is 13.3 Å². The van der Waals surface area contributed by atoms with Gasteiger partial charge >= 0.3 is 58.4 Å². The standard InChI is InChI=1S/C6H11BF3S.K/c1-3-4-11-5-6(2)7(8,9)10;/h2-5H2,1H3;/q-1;+1. The normalized spacial score (nSPS) is 10.7. The maximum Gasteiger partial charge on any atom is 1.00 e. The molecule has 0 aromatic carbocycles. The quantitative estimate of drug-likeness (QED) is 0.469. The fourth-order valence-electron chi connectivity index (χ4n) is 0.442. The molecule has 0 heterocycles. The molecule has 6 heteroatoms. The van der Waals surface area contributed by atoms with Crippen molar-refractivity contribution in [3.8, 4) is 0 Å². The van der Waals surface area contributed by atoms with Gasteiger partial charge < -0.3 is 12.9 Å². The first kappa shape index (κ1) is 16.0. The largest absolute Gasteiger partial charge is 1.00 e. The van der Waals surface area contributed by atoms with Gasteiger partial charge in [0.15, 0.2) is 0 Å². The molecule has 0 unspecified atom stereocenters. The van der Waals surface area contributed by atoms with E-state index in [1.807, 2.05) is 6.92 Å². The zero-order valence-corrected chi connectivity index (χ0v) is 11.4. The van der Waals surface area contributed by atoms with Gasteiger partial charge in [0.2, 0.25) is 0 Å². The van der Waals surface area contributed by atoms with Gasteiger partial charge in [-0.25, -0.2) is 0 Å². The number of rotatable bonds is 5. The predicted molar refractivity (Wildman–Crippen MR) is 45.8 cm³/mol. The SMILES string of the molecule is C=C(CSCCC)[B-](F)(F)F.[K+]. The van der Waals surface area contributed by atoms with Crippen molar-refractivity contribution in [2.24, 2.45) is 0 Å². The molecule has 0 saturated carbocycles. The molecule has 0 spiro atoms. The van der Waals surface area contributed by atoms with E-state index in [1.165, 1.54) is 11.8 Å². The molecule has 12 heavy (non-hydrogen) atoms. The summed E-state index contributed by atoms with van der Waals surface area (Å²) in [6.07, 6.45) is 0.906. The van der Waals surface area contributed by atoms with E-state index in [2.05, 4.69) is 6.58 Å². The zero-order chi connectivity index (χ0) is 8.91. The van der Waals surface area contributed by atoms with Gasteiger partial charge in [-0.3, -0.25) is 0 Å². The number of halogens is 3.